The molecule has 0 radical (unpaired) electrons. The van der Waals surface area contributed by atoms with Crippen LogP contribution in [-0.2, 0) is 0 Å². The van der Waals surface area contributed by atoms with Crippen molar-refractivity contribution in [1.82, 2.24) is 4.90 Å². The fourth-order valence-electron chi connectivity index (χ4n) is 2.98. The Morgan fingerprint density at radius 2 is 1.46 bits per heavy atom. The van der Waals surface area contributed by atoms with E-state index in [1.807, 2.05) is 0 Å². The van der Waals surface area contributed by atoms with Gasteiger partial charge in [0.25, 0.3) is 5.91 Å². The minimum Gasteiger partial charge on any atom is -0.545 e. The molecule has 0 heterocycles. The molecule has 4 nitrogen and oxygen atoms in total. The molecule has 0 fully saturated rings. The predicted octanol–water partition coefficient (Wildman–Crippen LogP) is 3.36. The highest BCUT2D eigenvalue weighted by molar-refractivity contribution is 6.05. The standard InChI is InChI=1S/C22H17F2NO3/c1-25(2)21(26)19-11-13(15-10-8-14(23)12-20(15)24)7-9-17(19)16-5-3-4-6-18(16)22(27)28/h3-12H,1-2H3,(H,27,28)/p-1. The summed E-state index contributed by atoms with van der Waals surface area (Å²) in [6.45, 7) is 0. The summed E-state index contributed by atoms with van der Waals surface area (Å²) >= 11 is 0. The van der Waals surface area contributed by atoms with Crippen LogP contribution in [0.3, 0.4) is 0 Å². The van der Waals surface area contributed by atoms with E-state index >= 15 is 0 Å². The van der Waals surface area contributed by atoms with Gasteiger partial charge in [-0.2, -0.15) is 0 Å². The lowest BCUT2D eigenvalue weighted by molar-refractivity contribution is -0.254. The quantitative estimate of drug-likeness (QED) is 0.697. The Morgan fingerprint density at radius 3 is 2.11 bits per heavy atom. The maximum atomic E-state index is 14.2. The van der Waals surface area contributed by atoms with Crippen molar-refractivity contribution < 1.29 is 23.5 Å². The van der Waals surface area contributed by atoms with Crippen LogP contribution in [0.25, 0.3) is 22.3 Å². The van der Waals surface area contributed by atoms with Crippen molar-refractivity contribution in [3.05, 3.63) is 83.4 Å². The van der Waals surface area contributed by atoms with E-state index in [1.54, 1.807) is 44.4 Å². The number of carbonyl (C=O) groups excluding carboxylic acids is 2. The molecule has 0 aliphatic rings. The number of carbonyl (C=O) groups is 2. The largest absolute Gasteiger partial charge is 0.545 e. The van der Waals surface area contributed by atoms with Gasteiger partial charge in [-0.3, -0.25) is 4.79 Å². The van der Waals surface area contributed by atoms with Crippen molar-refractivity contribution >= 4 is 11.9 Å². The summed E-state index contributed by atoms with van der Waals surface area (Å²) < 4.78 is 27.4. The van der Waals surface area contributed by atoms with Crippen LogP contribution in [0.2, 0.25) is 0 Å². The number of nitrogens with zero attached hydrogens (tertiary/aromatic N) is 1. The predicted molar refractivity (Wildman–Crippen MR) is 99.6 cm³/mol. The van der Waals surface area contributed by atoms with E-state index in [0.29, 0.717) is 16.7 Å². The molecular weight excluding hydrogens is 364 g/mol. The molecule has 3 aromatic carbocycles. The molecule has 28 heavy (non-hydrogen) atoms. The number of rotatable bonds is 4. The van der Waals surface area contributed by atoms with Gasteiger partial charge < -0.3 is 14.8 Å². The van der Waals surface area contributed by atoms with Crippen LogP contribution in [0, 0.1) is 11.6 Å². The summed E-state index contributed by atoms with van der Waals surface area (Å²) in [5.41, 5.74) is 1.34. The van der Waals surface area contributed by atoms with Crippen LogP contribution < -0.4 is 5.11 Å². The first-order valence-corrected chi connectivity index (χ1v) is 8.41. The Labute approximate surface area is 160 Å². The number of aromatic carboxylic acids is 1. The smallest absolute Gasteiger partial charge is 0.253 e. The third-order valence-corrected chi connectivity index (χ3v) is 4.34. The summed E-state index contributed by atoms with van der Waals surface area (Å²) in [4.78, 5) is 25.6. The van der Waals surface area contributed by atoms with Crippen LogP contribution in [0.4, 0.5) is 8.78 Å². The lowest BCUT2D eigenvalue weighted by atomic mass is 9.91. The molecule has 0 aromatic heterocycles. The lowest BCUT2D eigenvalue weighted by Gasteiger charge is -2.18. The number of hydrogen-bond acceptors (Lipinski definition) is 3. The van der Waals surface area contributed by atoms with E-state index in [-0.39, 0.29) is 22.6 Å². The second-order valence-corrected chi connectivity index (χ2v) is 6.42. The van der Waals surface area contributed by atoms with Crippen molar-refractivity contribution in [2.24, 2.45) is 0 Å². The molecule has 0 spiro atoms. The Morgan fingerprint density at radius 1 is 0.821 bits per heavy atom. The molecule has 3 rings (SSSR count). The average Bonchev–Trinajstić information content (AvgIpc) is 2.67. The molecule has 6 heteroatoms. The highest BCUT2D eigenvalue weighted by atomic mass is 19.1. The zero-order valence-corrected chi connectivity index (χ0v) is 15.2. The van der Waals surface area contributed by atoms with Crippen LogP contribution in [-0.4, -0.2) is 30.9 Å². The van der Waals surface area contributed by atoms with Crippen molar-refractivity contribution in [2.45, 2.75) is 0 Å². The summed E-state index contributed by atoms with van der Waals surface area (Å²) in [6.07, 6.45) is 0. The zero-order valence-electron chi connectivity index (χ0n) is 15.2. The van der Waals surface area contributed by atoms with Gasteiger partial charge >= 0.3 is 0 Å². The summed E-state index contributed by atoms with van der Waals surface area (Å²) in [5.74, 6) is -3.21. The summed E-state index contributed by atoms with van der Waals surface area (Å²) in [7, 11) is 3.11. The third-order valence-electron chi connectivity index (χ3n) is 4.34. The molecule has 142 valence electrons. The first kappa shape index (κ1) is 19.2. The number of halogens is 2. The van der Waals surface area contributed by atoms with Crippen LogP contribution in [0.1, 0.15) is 20.7 Å². The van der Waals surface area contributed by atoms with Gasteiger partial charge in [-0.15, -0.1) is 0 Å². The Bertz CT molecular complexity index is 1080. The average molecular weight is 380 g/mol. The molecule has 0 aliphatic carbocycles. The molecule has 0 saturated carbocycles. The molecule has 1 amide bonds. The van der Waals surface area contributed by atoms with Crippen molar-refractivity contribution in [3.8, 4) is 22.3 Å². The Hall–Kier alpha value is -3.54. The van der Waals surface area contributed by atoms with Gasteiger partial charge in [0.2, 0.25) is 0 Å². The second kappa shape index (κ2) is 7.60. The van der Waals surface area contributed by atoms with E-state index in [1.165, 1.54) is 23.1 Å². The fraction of sp³-hybridized carbons (Fsp3) is 0.0909. The van der Waals surface area contributed by atoms with Crippen molar-refractivity contribution in [1.29, 1.82) is 0 Å². The number of carboxylic acid groups (broad SMARTS) is 1. The number of amides is 1. The third kappa shape index (κ3) is 3.62. The fourth-order valence-corrected chi connectivity index (χ4v) is 2.98. The second-order valence-electron chi connectivity index (χ2n) is 6.42. The van der Waals surface area contributed by atoms with E-state index in [4.69, 9.17) is 0 Å². The summed E-state index contributed by atoms with van der Waals surface area (Å²) in [5, 5.41) is 11.5. The SMILES string of the molecule is CN(C)C(=O)c1cc(-c2ccc(F)cc2F)ccc1-c1ccccc1C(=O)[O-]. The van der Waals surface area contributed by atoms with Crippen molar-refractivity contribution in [3.63, 3.8) is 0 Å². The van der Waals surface area contributed by atoms with Gasteiger partial charge in [0.05, 0.1) is 5.97 Å². The van der Waals surface area contributed by atoms with Gasteiger partial charge in [0, 0.05) is 36.9 Å². The molecule has 0 atom stereocenters. The van der Waals surface area contributed by atoms with Crippen LogP contribution >= 0.6 is 0 Å². The minimum absolute atomic E-state index is 0.0592. The van der Waals surface area contributed by atoms with E-state index in [2.05, 4.69) is 0 Å². The molecule has 0 N–H and O–H groups in total. The minimum atomic E-state index is -1.37. The topological polar surface area (TPSA) is 60.4 Å². The first-order valence-electron chi connectivity index (χ1n) is 8.41. The number of hydrogen-bond donors (Lipinski definition) is 0. The monoisotopic (exact) mass is 380 g/mol. The first-order chi connectivity index (χ1) is 13.3. The van der Waals surface area contributed by atoms with Gasteiger partial charge in [-0.05, 0) is 34.9 Å². The molecule has 0 aliphatic heterocycles. The normalized spacial score (nSPS) is 10.6. The van der Waals surface area contributed by atoms with Crippen LogP contribution in [0.5, 0.6) is 0 Å². The van der Waals surface area contributed by atoms with E-state index in [9.17, 15) is 23.5 Å². The number of benzene rings is 3. The maximum Gasteiger partial charge on any atom is 0.253 e. The molecule has 0 bridgehead atoms. The van der Waals surface area contributed by atoms with E-state index in [0.717, 1.165) is 12.1 Å². The van der Waals surface area contributed by atoms with Crippen LogP contribution in [0.15, 0.2) is 60.7 Å². The zero-order chi connectivity index (χ0) is 20.4. The Balaban J connectivity index is 2.25. The molecule has 0 saturated heterocycles. The maximum absolute atomic E-state index is 14.2. The van der Waals surface area contributed by atoms with Crippen molar-refractivity contribution in [2.75, 3.05) is 14.1 Å². The van der Waals surface area contributed by atoms with Gasteiger partial charge in [-0.25, -0.2) is 8.78 Å². The number of carboxylic acids is 1. The van der Waals surface area contributed by atoms with Gasteiger partial charge in [0.15, 0.2) is 0 Å². The van der Waals surface area contributed by atoms with Gasteiger partial charge in [0.1, 0.15) is 11.6 Å². The highest BCUT2D eigenvalue weighted by Gasteiger charge is 2.19. The Kier molecular flexibility index (Phi) is 5.22. The van der Waals surface area contributed by atoms with E-state index < -0.39 is 17.6 Å². The molecule has 3 aromatic rings. The summed E-state index contributed by atoms with van der Waals surface area (Å²) in [6, 6.07) is 13.9. The van der Waals surface area contributed by atoms with Gasteiger partial charge in [-0.1, -0.05) is 36.4 Å². The lowest BCUT2D eigenvalue weighted by Crippen LogP contribution is -2.24. The molecular formula is C22H16F2NO3-. The molecule has 0 unspecified atom stereocenters. The highest BCUT2D eigenvalue weighted by Crippen LogP contribution is 2.32.